The minimum Gasteiger partial charge on any atom is -0.334 e. The molecule has 0 spiro atoms. The molecular formula is C36H35N4O3S+. The topological polar surface area (TPSA) is 75.2 Å². The summed E-state index contributed by atoms with van der Waals surface area (Å²) >= 11 is 1.40. The molecule has 1 saturated heterocycles. The molecule has 0 N–H and O–H groups in total. The van der Waals surface area contributed by atoms with Gasteiger partial charge in [0.1, 0.15) is 12.3 Å². The van der Waals surface area contributed by atoms with Crippen molar-refractivity contribution in [1.82, 2.24) is 5.06 Å². The Morgan fingerprint density at radius 1 is 0.977 bits per heavy atom. The molecule has 3 heterocycles. The molecule has 1 amide bonds. The molecule has 0 bridgehead atoms. The Balaban J connectivity index is 1.29. The monoisotopic (exact) mass is 603 g/mol. The number of unbranched alkanes of at least 4 members (excludes halogenated alkanes) is 1. The summed E-state index contributed by atoms with van der Waals surface area (Å²) in [6.45, 7) is 9.00. The van der Waals surface area contributed by atoms with E-state index in [1.165, 1.54) is 11.9 Å². The maximum atomic E-state index is 12.1. The molecule has 0 aliphatic carbocycles. The Morgan fingerprint density at radius 2 is 1.66 bits per heavy atom. The second-order valence-corrected chi connectivity index (χ2v) is 11.0. The number of hydrogen-bond acceptors (Lipinski definition) is 6. The minimum atomic E-state index is -0.411. The van der Waals surface area contributed by atoms with Gasteiger partial charge in [-0.2, -0.15) is 0 Å². The van der Waals surface area contributed by atoms with E-state index in [-0.39, 0.29) is 12.3 Å². The van der Waals surface area contributed by atoms with Crippen molar-refractivity contribution in [2.45, 2.75) is 38.6 Å². The molecule has 0 radical (unpaired) electrons. The summed E-state index contributed by atoms with van der Waals surface area (Å²) in [6.07, 6.45) is 12.7. The molecule has 1 aromatic heterocycles. The van der Waals surface area contributed by atoms with Gasteiger partial charge in [-0.15, -0.1) is 5.06 Å². The largest absolute Gasteiger partial charge is 0.334 e. The zero-order valence-corrected chi connectivity index (χ0v) is 25.6. The normalized spacial score (nSPS) is 16.3. The van der Waals surface area contributed by atoms with E-state index in [4.69, 9.17) is 14.2 Å². The van der Waals surface area contributed by atoms with Crippen molar-refractivity contribution in [2.75, 3.05) is 6.26 Å². The summed E-state index contributed by atoms with van der Waals surface area (Å²) in [5.41, 5.74) is 7.79. The lowest BCUT2D eigenvalue weighted by molar-refractivity contribution is -0.697. The number of amides is 1. The Hall–Kier alpha value is -4.82. The fourth-order valence-corrected chi connectivity index (χ4v) is 5.42. The number of aromatic nitrogens is 1. The molecule has 2 aromatic carbocycles. The SMILES string of the molecule is C=C1C(c2ccccc2)=C(/C=C/c2cc[n+](CCCCC(=O)ON3C(=C)CCC3=O)cc2)N=C(c2ccccc2)/C1=N/SC. The number of pyridine rings is 1. The van der Waals surface area contributed by atoms with E-state index in [0.29, 0.717) is 25.0 Å². The van der Waals surface area contributed by atoms with E-state index in [2.05, 4.69) is 48.1 Å². The van der Waals surface area contributed by atoms with Crippen LogP contribution >= 0.6 is 11.9 Å². The summed E-state index contributed by atoms with van der Waals surface area (Å²) < 4.78 is 6.81. The van der Waals surface area contributed by atoms with E-state index in [1.54, 1.807) is 0 Å². The minimum absolute atomic E-state index is 0.216. The van der Waals surface area contributed by atoms with Crippen LogP contribution in [0.5, 0.6) is 0 Å². The number of hydroxylamine groups is 2. The molecule has 3 aromatic rings. The molecule has 0 saturated carbocycles. The predicted molar refractivity (Wildman–Crippen MR) is 177 cm³/mol. The summed E-state index contributed by atoms with van der Waals surface area (Å²) in [6, 6.07) is 24.4. The van der Waals surface area contributed by atoms with Gasteiger partial charge in [0.05, 0.1) is 17.1 Å². The van der Waals surface area contributed by atoms with Crippen molar-refractivity contribution < 1.29 is 19.0 Å². The zero-order valence-electron chi connectivity index (χ0n) is 24.8. The highest BCUT2D eigenvalue weighted by Crippen LogP contribution is 2.34. The van der Waals surface area contributed by atoms with E-state index >= 15 is 0 Å². The highest BCUT2D eigenvalue weighted by Gasteiger charge is 2.28. The Bertz CT molecular complexity index is 1660. The number of benzene rings is 2. The molecule has 2 aliphatic rings. The molecule has 8 heteroatoms. The predicted octanol–water partition coefficient (Wildman–Crippen LogP) is 6.94. The number of hydrogen-bond donors (Lipinski definition) is 0. The maximum Gasteiger partial charge on any atom is 0.333 e. The fraction of sp³-hybridized carbons (Fsp3) is 0.194. The lowest BCUT2D eigenvalue weighted by Gasteiger charge is -2.22. The number of allylic oxidation sites excluding steroid dienone is 4. The molecule has 7 nitrogen and oxygen atoms in total. The third-order valence-corrected chi connectivity index (χ3v) is 7.69. The van der Waals surface area contributed by atoms with Crippen LogP contribution in [-0.4, -0.2) is 34.6 Å². The molecule has 0 atom stereocenters. The van der Waals surface area contributed by atoms with E-state index in [0.717, 1.165) is 63.0 Å². The van der Waals surface area contributed by atoms with Crippen LogP contribution in [-0.2, 0) is 21.0 Å². The Morgan fingerprint density at radius 3 is 2.30 bits per heavy atom. The van der Waals surface area contributed by atoms with Gasteiger partial charge in [-0.25, -0.2) is 18.8 Å². The van der Waals surface area contributed by atoms with Crippen LogP contribution in [0.4, 0.5) is 0 Å². The molecule has 44 heavy (non-hydrogen) atoms. The molecule has 5 rings (SSSR count). The summed E-state index contributed by atoms with van der Waals surface area (Å²) in [5, 5.41) is 1.04. The van der Waals surface area contributed by atoms with Crippen molar-refractivity contribution in [3.63, 3.8) is 0 Å². The van der Waals surface area contributed by atoms with Gasteiger partial charge in [0.25, 0.3) is 5.91 Å². The number of rotatable bonds is 11. The number of nitrogens with zero attached hydrogens (tertiary/aromatic N) is 4. The van der Waals surface area contributed by atoms with Crippen molar-refractivity contribution >= 4 is 46.9 Å². The van der Waals surface area contributed by atoms with E-state index in [9.17, 15) is 9.59 Å². The second-order valence-electron chi connectivity index (χ2n) is 10.4. The average molecular weight is 604 g/mol. The summed E-state index contributed by atoms with van der Waals surface area (Å²) in [5.74, 6) is -0.627. The van der Waals surface area contributed by atoms with Crippen LogP contribution in [0.25, 0.3) is 11.6 Å². The van der Waals surface area contributed by atoms with E-state index < -0.39 is 5.97 Å². The van der Waals surface area contributed by atoms with Crippen LogP contribution in [0, 0.1) is 0 Å². The highest BCUT2D eigenvalue weighted by atomic mass is 32.2. The molecular weight excluding hydrogens is 568 g/mol. The van der Waals surface area contributed by atoms with Gasteiger partial charge in [-0.3, -0.25) is 4.79 Å². The Kier molecular flexibility index (Phi) is 10.1. The highest BCUT2D eigenvalue weighted by molar-refractivity contribution is 7.97. The van der Waals surface area contributed by atoms with Gasteiger partial charge in [-0.05, 0) is 42.0 Å². The van der Waals surface area contributed by atoms with Gasteiger partial charge in [0, 0.05) is 54.4 Å². The van der Waals surface area contributed by atoms with Crippen molar-refractivity contribution in [3.8, 4) is 0 Å². The number of carbonyl (C=O) groups excluding carboxylic acids is 2. The van der Waals surface area contributed by atoms with Crippen LogP contribution in [0.1, 0.15) is 48.8 Å². The molecule has 0 unspecified atom stereocenters. The average Bonchev–Trinajstić information content (AvgIpc) is 3.36. The summed E-state index contributed by atoms with van der Waals surface area (Å²) in [4.78, 5) is 34.2. The van der Waals surface area contributed by atoms with Crippen molar-refractivity contribution in [2.24, 2.45) is 9.39 Å². The van der Waals surface area contributed by atoms with Gasteiger partial charge in [0.15, 0.2) is 12.4 Å². The second kappa shape index (κ2) is 14.6. The first kappa shape index (κ1) is 30.6. The van der Waals surface area contributed by atoms with E-state index in [1.807, 2.05) is 73.3 Å². The molecule has 222 valence electrons. The lowest BCUT2D eigenvalue weighted by Crippen LogP contribution is -2.32. The van der Waals surface area contributed by atoms with Crippen molar-refractivity contribution in [3.05, 3.63) is 138 Å². The zero-order chi connectivity index (χ0) is 30.9. The molecule has 1 fully saturated rings. The van der Waals surface area contributed by atoms with Crippen LogP contribution < -0.4 is 4.57 Å². The first-order valence-electron chi connectivity index (χ1n) is 14.6. The number of aryl methyl sites for hydroxylation is 1. The Labute approximate surface area is 262 Å². The van der Waals surface area contributed by atoms with Crippen LogP contribution in [0.3, 0.4) is 0 Å². The number of aliphatic imine (C=N–C) groups is 1. The van der Waals surface area contributed by atoms with Crippen molar-refractivity contribution in [1.29, 1.82) is 0 Å². The first-order chi connectivity index (χ1) is 21.4. The third-order valence-electron chi connectivity index (χ3n) is 7.32. The third kappa shape index (κ3) is 7.38. The lowest BCUT2D eigenvalue weighted by atomic mass is 9.87. The number of carbonyl (C=O) groups is 2. The first-order valence-corrected chi connectivity index (χ1v) is 15.8. The smallest absolute Gasteiger partial charge is 0.333 e. The van der Waals surface area contributed by atoms with Gasteiger partial charge in [-0.1, -0.05) is 79.9 Å². The van der Waals surface area contributed by atoms with Gasteiger partial charge < -0.3 is 4.84 Å². The van der Waals surface area contributed by atoms with Crippen LogP contribution in [0.2, 0.25) is 0 Å². The van der Waals surface area contributed by atoms with Crippen LogP contribution in [0.15, 0.2) is 131 Å². The maximum absolute atomic E-state index is 12.1. The van der Waals surface area contributed by atoms with Gasteiger partial charge >= 0.3 is 5.97 Å². The molecule has 2 aliphatic heterocycles. The fourth-order valence-electron chi connectivity index (χ4n) is 5.04. The summed E-state index contributed by atoms with van der Waals surface area (Å²) in [7, 11) is 0. The standard InChI is InChI=1S/C36H35N4O3S/c1-26-17-20-32(41)40(26)43-33(42)16-10-11-23-39-24-21-28(22-25-39)18-19-31-34(29-12-6-4-7-13-29)27(2)35(38-44-3)36(37-31)30-14-8-5-9-15-30/h4-9,12-15,18-19,21-22,24-25H,1-2,10-11,16-17,20,23H2,3H3/q+1/b19-18+,38-35+. The quantitative estimate of drug-likeness (QED) is 0.135. The van der Waals surface area contributed by atoms with Gasteiger partial charge in [0.2, 0.25) is 0 Å².